The van der Waals surface area contributed by atoms with Crippen molar-refractivity contribution in [3.63, 3.8) is 0 Å². The van der Waals surface area contributed by atoms with Gasteiger partial charge in [-0.25, -0.2) is 14.6 Å². The largest absolute Gasteiger partial charge is 0.416 e. The third-order valence-electron chi connectivity index (χ3n) is 3.30. The van der Waals surface area contributed by atoms with Gasteiger partial charge >= 0.3 is 6.18 Å². The Kier molecular flexibility index (Phi) is 3.63. The molecule has 2 heterocycles. The van der Waals surface area contributed by atoms with Gasteiger partial charge in [-0.1, -0.05) is 6.07 Å². The second kappa shape index (κ2) is 5.52. The van der Waals surface area contributed by atoms with Gasteiger partial charge in [-0.15, -0.1) is 0 Å². The predicted molar refractivity (Wildman–Crippen MR) is 77.9 cm³/mol. The normalized spacial score (nSPS) is 11.7. The van der Waals surface area contributed by atoms with Crippen molar-refractivity contribution in [2.45, 2.75) is 13.1 Å². The highest BCUT2D eigenvalue weighted by Gasteiger charge is 2.30. The van der Waals surface area contributed by atoms with Crippen LogP contribution >= 0.6 is 0 Å². The number of nitrogens with zero attached hydrogens (tertiary/aromatic N) is 4. The highest BCUT2D eigenvalue weighted by Crippen LogP contribution is 2.30. The molecule has 122 valence electrons. The molecule has 0 saturated carbocycles. The third-order valence-corrected chi connectivity index (χ3v) is 3.30. The van der Waals surface area contributed by atoms with E-state index in [1.165, 1.54) is 18.3 Å². The summed E-state index contributed by atoms with van der Waals surface area (Å²) in [5.41, 5.74) is -1.93. The van der Waals surface area contributed by atoms with Crippen LogP contribution in [0.5, 0.6) is 0 Å². The number of Topliss-reactive ketones (excluding diaryl/α,β-unsaturated/α-hetero) is 1. The summed E-state index contributed by atoms with van der Waals surface area (Å²) < 4.78 is 39.8. The van der Waals surface area contributed by atoms with E-state index in [9.17, 15) is 22.8 Å². The molecule has 3 aromatic rings. The number of hydrogen-bond acceptors (Lipinski definition) is 5. The molecule has 0 spiro atoms. The summed E-state index contributed by atoms with van der Waals surface area (Å²) in [4.78, 5) is 31.4. The predicted octanol–water partition coefficient (Wildman–Crippen LogP) is 2.40. The van der Waals surface area contributed by atoms with Crippen LogP contribution in [-0.2, 0) is 6.18 Å². The minimum atomic E-state index is -4.54. The first-order valence-electron chi connectivity index (χ1n) is 6.70. The lowest BCUT2D eigenvalue weighted by molar-refractivity contribution is -0.137. The standard InChI is InChI=1S/C15H9F3N4O2/c1-8(23)12-14(24)13-11(6-19-7-20-13)22(21-12)10-4-2-3-9(5-10)15(16,17)18/h2-7H,1H3. The van der Waals surface area contributed by atoms with Gasteiger partial charge in [0.1, 0.15) is 17.4 Å². The van der Waals surface area contributed by atoms with Crippen LogP contribution in [-0.4, -0.2) is 25.5 Å². The van der Waals surface area contributed by atoms with E-state index in [1.807, 2.05) is 0 Å². The summed E-state index contributed by atoms with van der Waals surface area (Å²) in [7, 11) is 0. The molecule has 0 fully saturated rings. The summed E-state index contributed by atoms with van der Waals surface area (Å²) in [6, 6.07) is 4.37. The molecule has 0 radical (unpaired) electrons. The van der Waals surface area contributed by atoms with Gasteiger partial charge in [-0.3, -0.25) is 9.59 Å². The van der Waals surface area contributed by atoms with E-state index in [0.717, 1.165) is 30.1 Å². The fourth-order valence-electron chi connectivity index (χ4n) is 2.20. The number of fused-ring (bicyclic) bond motifs is 1. The van der Waals surface area contributed by atoms with E-state index in [1.54, 1.807) is 0 Å². The number of aromatic nitrogens is 4. The van der Waals surface area contributed by atoms with Crippen molar-refractivity contribution in [2.75, 3.05) is 0 Å². The summed E-state index contributed by atoms with van der Waals surface area (Å²) in [5, 5.41) is 3.90. The second-order valence-electron chi connectivity index (χ2n) is 4.95. The Bertz CT molecular complexity index is 1010. The van der Waals surface area contributed by atoms with Crippen molar-refractivity contribution < 1.29 is 18.0 Å². The lowest BCUT2D eigenvalue weighted by Gasteiger charge is -2.12. The molecule has 0 saturated heterocycles. The van der Waals surface area contributed by atoms with Gasteiger partial charge in [0, 0.05) is 6.92 Å². The second-order valence-corrected chi connectivity index (χ2v) is 4.95. The molecule has 0 aliphatic heterocycles. The molecule has 0 amide bonds. The first-order chi connectivity index (χ1) is 11.3. The van der Waals surface area contributed by atoms with Crippen LogP contribution in [0.15, 0.2) is 41.6 Å². The van der Waals surface area contributed by atoms with Crippen molar-refractivity contribution in [1.82, 2.24) is 19.7 Å². The maximum absolute atomic E-state index is 12.9. The molecule has 2 aromatic heterocycles. The molecule has 0 unspecified atom stereocenters. The number of rotatable bonds is 2. The van der Waals surface area contributed by atoms with E-state index in [4.69, 9.17) is 0 Å². The SMILES string of the molecule is CC(=O)c1nn(-c2cccc(C(F)(F)F)c2)c2cncnc2c1=O. The molecule has 3 rings (SSSR count). The van der Waals surface area contributed by atoms with Gasteiger partial charge in [0.15, 0.2) is 11.5 Å². The zero-order valence-electron chi connectivity index (χ0n) is 12.2. The molecule has 24 heavy (non-hydrogen) atoms. The van der Waals surface area contributed by atoms with Gasteiger partial charge in [0.05, 0.1) is 17.4 Å². The zero-order chi connectivity index (χ0) is 17.5. The third kappa shape index (κ3) is 2.64. The van der Waals surface area contributed by atoms with E-state index in [0.29, 0.717) is 0 Å². The van der Waals surface area contributed by atoms with E-state index in [-0.39, 0.29) is 16.7 Å². The lowest BCUT2D eigenvalue weighted by atomic mass is 10.2. The summed E-state index contributed by atoms with van der Waals surface area (Å²) in [6.45, 7) is 1.15. The number of ketones is 1. The molecule has 0 aliphatic carbocycles. The minimum Gasteiger partial charge on any atom is -0.293 e. The maximum atomic E-state index is 12.9. The Morgan fingerprint density at radius 2 is 2.00 bits per heavy atom. The van der Waals surface area contributed by atoms with Crippen molar-refractivity contribution in [1.29, 1.82) is 0 Å². The van der Waals surface area contributed by atoms with Crippen LogP contribution in [0.1, 0.15) is 23.0 Å². The Morgan fingerprint density at radius 3 is 2.67 bits per heavy atom. The molecular formula is C15H9F3N4O2. The summed E-state index contributed by atoms with van der Waals surface area (Å²) >= 11 is 0. The first kappa shape index (κ1) is 15.8. The van der Waals surface area contributed by atoms with Crippen LogP contribution in [0.4, 0.5) is 13.2 Å². The highest BCUT2D eigenvalue weighted by atomic mass is 19.4. The van der Waals surface area contributed by atoms with Crippen LogP contribution in [0.3, 0.4) is 0 Å². The highest BCUT2D eigenvalue weighted by molar-refractivity contribution is 5.94. The molecule has 0 N–H and O–H groups in total. The fraction of sp³-hybridized carbons (Fsp3) is 0.133. The van der Waals surface area contributed by atoms with E-state index < -0.39 is 28.6 Å². The number of halogens is 3. The molecule has 0 atom stereocenters. The number of hydrogen-bond donors (Lipinski definition) is 0. The molecular weight excluding hydrogens is 325 g/mol. The smallest absolute Gasteiger partial charge is 0.293 e. The van der Waals surface area contributed by atoms with Gasteiger partial charge < -0.3 is 0 Å². The van der Waals surface area contributed by atoms with Gasteiger partial charge in [-0.2, -0.15) is 18.3 Å². The Hall–Kier alpha value is -3.10. The fourth-order valence-corrected chi connectivity index (χ4v) is 2.20. The topological polar surface area (TPSA) is 77.7 Å². The minimum absolute atomic E-state index is 0.0344. The zero-order valence-corrected chi connectivity index (χ0v) is 12.2. The Morgan fingerprint density at radius 1 is 1.25 bits per heavy atom. The number of alkyl halides is 3. The molecule has 0 bridgehead atoms. The Balaban J connectivity index is 2.36. The van der Waals surface area contributed by atoms with Crippen molar-refractivity contribution in [3.05, 3.63) is 58.3 Å². The van der Waals surface area contributed by atoms with Crippen LogP contribution in [0, 0.1) is 0 Å². The maximum Gasteiger partial charge on any atom is 0.416 e. The summed E-state index contributed by atoms with van der Waals surface area (Å²) in [6.07, 6.45) is -2.17. The average molecular weight is 334 g/mol. The first-order valence-corrected chi connectivity index (χ1v) is 6.70. The number of carbonyl (C=O) groups is 1. The molecule has 9 heteroatoms. The van der Waals surface area contributed by atoms with Gasteiger partial charge in [0.2, 0.25) is 5.43 Å². The van der Waals surface area contributed by atoms with E-state index >= 15 is 0 Å². The lowest BCUT2D eigenvalue weighted by Crippen LogP contribution is -2.22. The quantitative estimate of drug-likeness (QED) is 0.673. The van der Waals surface area contributed by atoms with Crippen LogP contribution in [0.25, 0.3) is 16.7 Å². The monoisotopic (exact) mass is 334 g/mol. The molecule has 6 nitrogen and oxygen atoms in total. The van der Waals surface area contributed by atoms with E-state index in [2.05, 4.69) is 15.1 Å². The Labute approximate surface area is 132 Å². The van der Waals surface area contributed by atoms with Crippen molar-refractivity contribution in [3.8, 4) is 5.69 Å². The average Bonchev–Trinajstić information content (AvgIpc) is 2.54. The van der Waals surface area contributed by atoms with Crippen molar-refractivity contribution >= 4 is 16.8 Å². The summed E-state index contributed by atoms with van der Waals surface area (Å²) in [5.74, 6) is -0.610. The van der Waals surface area contributed by atoms with Crippen LogP contribution < -0.4 is 5.43 Å². The van der Waals surface area contributed by atoms with Crippen LogP contribution in [0.2, 0.25) is 0 Å². The molecule has 1 aromatic carbocycles. The number of benzene rings is 1. The number of carbonyl (C=O) groups excluding carboxylic acids is 1. The molecule has 0 aliphatic rings. The van der Waals surface area contributed by atoms with Gasteiger partial charge in [0.25, 0.3) is 0 Å². The van der Waals surface area contributed by atoms with Gasteiger partial charge in [-0.05, 0) is 18.2 Å². The van der Waals surface area contributed by atoms with Crippen molar-refractivity contribution in [2.24, 2.45) is 0 Å².